The molecule has 0 aliphatic carbocycles. The lowest BCUT2D eigenvalue weighted by molar-refractivity contribution is 0.0736. The average molecular weight is 353 g/mol. The second-order valence-electron chi connectivity index (χ2n) is 6.87. The second kappa shape index (κ2) is 6.20. The number of pyridine rings is 1. The zero-order valence-electron chi connectivity index (χ0n) is 15.0. The van der Waals surface area contributed by atoms with E-state index in [0.29, 0.717) is 28.7 Å². The first-order valence-corrected chi connectivity index (χ1v) is 8.76. The number of benzene rings is 1. The monoisotopic (exact) mass is 353 g/mol. The summed E-state index contributed by atoms with van der Waals surface area (Å²) in [5.74, 6) is 0.336. The van der Waals surface area contributed by atoms with Gasteiger partial charge in [0.05, 0.1) is 22.8 Å². The molecule has 134 valence electrons. The van der Waals surface area contributed by atoms with Crippen molar-refractivity contribution in [3.8, 4) is 0 Å². The fraction of sp³-hybridized carbons (Fsp3) is 0.350. The Labute approximate surface area is 150 Å². The Kier molecular flexibility index (Phi) is 3.98. The average Bonchev–Trinajstić information content (AvgIpc) is 3.19. The summed E-state index contributed by atoms with van der Waals surface area (Å²) in [5, 5.41) is 4.71. The van der Waals surface area contributed by atoms with Crippen LogP contribution < -0.4 is 0 Å². The Balaban J connectivity index is 1.79. The molecule has 1 fully saturated rings. The summed E-state index contributed by atoms with van der Waals surface area (Å²) in [6.07, 6.45) is 1.81. The maximum atomic E-state index is 13.6. The van der Waals surface area contributed by atoms with Crippen molar-refractivity contribution in [1.29, 1.82) is 0 Å². The highest BCUT2D eigenvalue weighted by molar-refractivity contribution is 6.06. The van der Waals surface area contributed by atoms with Crippen LogP contribution in [0.4, 0.5) is 4.39 Å². The number of aryl methyl sites for hydroxylation is 3. The molecule has 2 aromatic heterocycles. The Morgan fingerprint density at radius 3 is 2.81 bits per heavy atom. The van der Waals surface area contributed by atoms with Crippen molar-refractivity contribution in [3.05, 3.63) is 58.4 Å². The Morgan fingerprint density at radius 2 is 2.08 bits per heavy atom. The number of aromatic nitrogens is 2. The van der Waals surface area contributed by atoms with Gasteiger partial charge in [-0.15, -0.1) is 0 Å². The molecule has 0 saturated carbocycles. The minimum Gasteiger partial charge on any atom is -0.361 e. The van der Waals surface area contributed by atoms with Gasteiger partial charge in [0.25, 0.3) is 5.91 Å². The molecule has 0 bridgehead atoms. The van der Waals surface area contributed by atoms with Gasteiger partial charge in [0.15, 0.2) is 0 Å². The molecule has 1 amide bonds. The van der Waals surface area contributed by atoms with Crippen molar-refractivity contribution in [1.82, 2.24) is 15.0 Å². The fourth-order valence-electron chi connectivity index (χ4n) is 3.94. The number of fused-ring (bicyclic) bond motifs is 1. The molecular weight excluding hydrogens is 333 g/mol. The molecule has 3 heterocycles. The highest BCUT2D eigenvalue weighted by Crippen LogP contribution is 2.37. The van der Waals surface area contributed by atoms with Crippen LogP contribution in [-0.4, -0.2) is 27.5 Å². The summed E-state index contributed by atoms with van der Waals surface area (Å²) in [5.41, 5.74) is 3.58. The van der Waals surface area contributed by atoms with Crippen molar-refractivity contribution in [2.75, 3.05) is 6.54 Å². The number of likely N-dealkylation sites (tertiary alicyclic amines) is 1. The van der Waals surface area contributed by atoms with Gasteiger partial charge in [-0.3, -0.25) is 9.78 Å². The number of nitrogens with zero attached hydrogens (tertiary/aromatic N) is 3. The largest absolute Gasteiger partial charge is 0.361 e. The SMILES string of the molecule is Cc1cc(C(=O)N2CCCC2c2c(C)noc2C)c2ccc(F)cc2n1. The molecule has 0 N–H and O–H groups in total. The smallest absolute Gasteiger partial charge is 0.255 e. The van der Waals surface area contributed by atoms with Crippen LogP contribution in [-0.2, 0) is 0 Å². The van der Waals surface area contributed by atoms with E-state index < -0.39 is 0 Å². The van der Waals surface area contributed by atoms with Crippen LogP contribution >= 0.6 is 0 Å². The maximum Gasteiger partial charge on any atom is 0.255 e. The first-order chi connectivity index (χ1) is 12.5. The van der Waals surface area contributed by atoms with Gasteiger partial charge in [-0.25, -0.2) is 4.39 Å². The predicted octanol–water partition coefficient (Wildman–Crippen LogP) is 4.26. The van der Waals surface area contributed by atoms with Gasteiger partial charge in [0.1, 0.15) is 11.6 Å². The number of hydrogen-bond donors (Lipinski definition) is 0. The summed E-state index contributed by atoms with van der Waals surface area (Å²) in [4.78, 5) is 19.6. The van der Waals surface area contributed by atoms with Crippen LogP contribution in [0.1, 0.15) is 52.0 Å². The number of amides is 1. The third kappa shape index (κ3) is 2.66. The lowest BCUT2D eigenvalue weighted by atomic mass is 10.0. The summed E-state index contributed by atoms with van der Waals surface area (Å²) < 4.78 is 18.9. The van der Waals surface area contributed by atoms with E-state index in [4.69, 9.17) is 4.52 Å². The summed E-state index contributed by atoms with van der Waals surface area (Å²) >= 11 is 0. The molecule has 1 aliphatic rings. The molecule has 5 nitrogen and oxygen atoms in total. The van der Waals surface area contributed by atoms with Crippen molar-refractivity contribution in [3.63, 3.8) is 0 Å². The van der Waals surface area contributed by atoms with Gasteiger partial charge in [-0.2, -0.15) is 0 Å². The molecule has 3 aromatic rings. The molecule has 1 aliphatic heterocycles. The van der Waals surface area contributed by atoms with E-state index in [-0.39, 0.29) is 17.8 Å². The van der Waals surface area contributed by atoms with Gasteiger partial charge in [-0.05, 0) is 51.8 Å². The van der Waals surface area contributed by atoms with Gasteiger partial charge < -0.3 is 9.42 Å². The molecule has 0 spiro atoms. The quantitative estimate of drug-likeness (QED) is 0.690. The zero-order chi connectivity index (χ0) is 18.4. The number of halogens is 1. The summed E-state index contributed by atoms with van der Waals surface area (Å²) in [6, 6.07) is 6.11. The van der Waals surface area contributed by atoms with Crippen LogP contribution in [0.25, 0.3) is 10.9 Å². The van der Waals surface area contributed by atoms with Crippen molar-refractivity contribution >= 4 is 16.8 Å². The highest BCUT2D eigenvalue weighted by atomic mass is 19.1. The van der Waals surface area contributed by atoms with E-state index in [2.05, 4.69) is 10.1 Å². The zero-order valence-corrected chi connectivity index (χ0v) is 15.0. The molecule has 26 heavy (non-hydrogen) atoms. The Bertz CT molecular complexity index is 987. The highest BCUT2D eigenvalue weighted by Gasteiger charge is 2.34. The van der Waals surface area contributed by atoms with Gasteiger partial charge in [-0.1, -0.05) is 5.16 Å². The van der Waals surface area contributed by atoms with Crippen molar-refractivity contribution in [2.24, 2.45) is 0 Å². The Morgan fingerprint density at radius 1 is 1.27 bits per heavy atom. The lowest BCUT2D eigenvalue weighted by Crippen LogP contribution is -2.31. The number of hydrogen-bond acceptors (Lipinski definition) is 4. The van der Waals surface area contributed by atoms with Crippen LogP contribution in [0.2, 0.25) is 0 Å². The normalized spacial score (nSPS) is 17.2. The minimum absolute atomic E-state index is 0.0438. The molecule has 1 saturated heterocycles. The van der Waals surface area contributed by atoms with Gasteiger partial charge in [0, 0.05) is 29.3 Å². The van der Waals surface area contributed by atoms with Crippen LogP contribution in [0.5, 0.6) is 0 Å². The van der Waals surface area contributed by atoms with Gasteiger partial charge in [0.2, 0.25) is 0 Å². The third-order valence-electron chi connectivity index (χ3n) is 5.07. The molecule has 6 heteroatoms. The molecule has 1 unspecified atom stereocenters. The van der Waals surface area contributed by atoms with Crippen molar-refractivity contribution in [2.45, 2.75) is 39.7 Å². The van der Waals surface area contributed by atoms with Crippen LogP contribution in [0.3, 0.4) is 0 Å². The lowest BCUT2D eigenvalue weighted by Gasteiger charge is -2.25. The van der Waals surface area contributed by atoms with Crippen LogP contribution in [0.15, 0.2) is 28.8 Å². The van der Waals surface area contributed by atoms with Crippen molar-refractivity contribution < 1.29 is 13.7 Å². The predicted molar refractivity (Wildman–Crippen MR) is 95.4 cm³/mol. The fourth-order valence-corrected chi connectivity index (χ4v) is 3.94. The Hall–Kier alpha value is -2.76. The summed E-state index contributed by atoms with van der Waals surface area (Å²) in [6.45, 7) is 6.28. The van der Waals surface area contributed by atoms with E-state index in [0.717, 1.165) is 29.9 Å². The third-order valence-corrected chi connectivity index (χ3v) is 5.07. The minimum atomic E-state index is -0.358. The second-order valence-corrected chi connectivity index (χ2v) is 6.87. The molecular formula is C20H20FN3O2. The van der Waals surface area contributed by atoms with E-state index >= 15 is 0 Å². The molecule has 4 rings (SSSR count). The van der Waals surface area contributed by atoms with Crippen LogP contribution in [0, 0.1) is 26.6 Å². The first kappa shape index (κ1) is 16.7. The molecule has 1 aromatic carbocycles. The molecule has 0 radical (unpaired) electrons. The maximum absolute atomic E-state index is 13.6. The van der Waals surface area contributed by atoms with E-state index in [9.17, 15) is 9.18 Å². The number of rotatable bonds is 2. The standard InChI is InChI=1S/C20H20FN3O2/c1-11-9-16(15-7-6-14(21)10-17(15)22-11)20(25)24-8-4-5-18(24)19-12(2)23-26-13(19)3/h6-7,9-10,18H,4-5,8H2,1-3H3. The van der Waals surface area contributed by atoms with E-state index in [1.807, 2.05) is 25.7 Å². The number of carbonyl (C=O) groups excluding carboxylic acids is 1. The molecule has 1 atom stereocenters. The summed E-state index contributed by atoms with van der Waals surface area (Å²) in [7, 11) is 0. The number of carbonyl (C=O) groups is 1. The van der Waals surface area contributed by atoms with E-state index in [1.54, 1.807) is 12.1 Å². The topological polar surface area (TPSA) is 59.2 Å². The van der Waals surface area contributed by atoms with Gasteiger partial charge >= 0.3 is 0 Å². The van der Waals surface area contributed by atoms with E-state index in [1.165, 1.54) is 12.1 Å². The first-order valence-electron chi connectivity index (χ1n) is 8.76.